The van der Waals surface area contributed by atoms with Gasteiger partial charge in [0.2, 0.25) is 10.0 Å². The predicted octanol–water partition coefficient (Wildman–Crippen LogP) is 1.57. The molecular formula is C11H15NO3S2. The van der Waals surface area contributed by atoms with E-state index in [-0.39, 0.29) is 16.7 Å². The van der Waals surface area contributed by atoms with E-state index in [0.717, 1.165) is 24.3 Å². The van der Waals surface area contributed by atoms with Gasteiger partial charge in [-0.3, -0.25) is 0 Å². The van der Waals surface area contributed by atoms with E-state index < -0.39 is 10.0 Å². The van der Waals surface area contributed by atoms with Crippen molar-refractivity contribution >= 4 is 21.8 Å². The van der Waals surface area contributed by atoms with Crippen LogP contribution in [0.5, 0.6) is 5.75 Å². The zero-order chi connectivity index (χ0) is 12.3. The smallest absolute Gasteiger partial charge is 0.244 e. The Morgan fingerprint density at radius 2 is 2.12 bits per heavy atom. The van der Waals surface area contributed by atoms with Gasteiger partial charge < -0.3 is 5.11 Å². The van der Waals surface area contributed by atoms with Gasteiger partial charge in [-0.15, -0.1) is 0 Å². The van der Waals surface area contributed by atoms with Crippen molar-refractivity contribution in [3.63, 3.8) is 0 Å². The number of sulfonamides is 1. The third-order valence-electron chi connectivity index (χ3n) is 2.64. The van der Waals surface area contributed by atoms with E-state index in [1.54, 1.807) is 23.9 Å². The Morgan fingerprint density at radius 1 is 1.35 bits per heavy atom. The Balaban J connectivity index is 2.16. The minimum absolute atomic E-state index is 0.0293. The third kappa shape index (κ3) is 3.14. The second kappa shape index (κ2) is 5.29. The summed E-state index contributed by atoms with van der Waals surface area (Å²) in [4.78, 5) is -0.0458. The zero-order valence-electron chi connectivity index (χ0n) is 9.30. The van der Waals surface area contributed by atoms with Crippen LogP contribution in [0.4, 0.5) is 0 Å². The average Bonchev–Trinajstić information content (AvgIpc) is 2.30. The highest BCUT2D eigenvalue weighted by Gasteiger charge is 2.23. The van der Waals surface area contributed by atoms with Gasteiger partial charge in [0.1, 0.15) is 10.6 Å². The van der Waals surface area contributed by atoms with Crippen molar-refractivity contribution in [3.8, 4) is 5.75 Å². The molecule has 1 unspecified atom stereocenters. The van der Waals surface area contributed by atoms with Gasteiger partial charge in [-0.25, -0.2) is 13.1 Å². The molecule has 0 amide bonds. The second-order valence-electron chi connectivity index (χ2n) is 4.00. The van der Waals surface area contributed by atoms with Crippen molar-refractivity contribution in [2.24, 2.45) is 0 Å². The molecule has 17 heavy (non-hydrogen) atoms. The molecule has 0 radical (unpaired) electrons. The molecule has 1 aromatic carbocycles. The van der Waals surface area contributed by atoms with Crippen LogP contribution in [0.25, 0.3) is 0 Å². The summed E-state index contributed by atoms with van der Waals surface area (Å²) in [5.41, 5.74) is 0. The fourth-order valence-electron chi connectivity index (χ4n) is 1.80. The van der Waals surface area contributed by atoms with Gasteiger partial charge in [-0.05, 0) is 30.7 Å². The maximum absolute atomic E-state index is 12.0. The molecule has 6 heteroatoms. The van der Waals surface area contributed by atoms with Crippen LogP contribution < -0.4 is 4.72 Å². The van der Waals surface area contributed by atoms with E-state index in [1.807, 2.05) is 0 Å². The van der Waals surface area contributed by atoms with E-state index in [9.17, 15) is 13.5 Å². The first-order valence-electron chi connectivity index (χ1n) is 5.48. The lowest BCUT2D eigenvalue weighted by molar-refractivity contribution is 0.456. The molecule has 1 aliphatic heterocycles. The van der Waals surface area contributed by atoms with Gasteiger partial charge in [-0.1, -0.05) is 12.1 Å². The van der Waals surface area contributed by atoms with Crippen LogP contribution in [0.15, 0.2) is 29.2 Å². The standard InChI is InChI=1S/C11H15NO3S2/c13-10-5-1-2-6-11(10)17(14,15)12-9-4-3-7-16-8-9/h1-2,5-6,9,12-13H,3-4,7-8H2. The molecular weight excluding hydrogens is 258 g/mol. The molecule has 4 nitrogen and oxygen atoms in total. The molecule has 1 fully saturated rings. The van der Waals surface area contributed by atoms with Crippen LogP contribution in [0.3, 0.4) is 0 Å². The molecule has 1 heterocycles. The first-order valence-corrected chi connectivity index (χ1v) is 8.11. The molecule has 0 bridgehead atoms. The summed E-state index contributed by atoms with van der Waals surface area (Å²) < 4.78 is 26.7. The molecule has 1 aliphatic rings. The minimum atomic E-state index is -3.60. The van der Waals surface area contributed by atoms with Crippen LogP contribution in [-0.2, 0) is 10.0 Å². The van der Waals surface area contributed by atoms with Gasteiger partial charge in [0.25, 0.3) is 0 Å². The lowest BCUT2D eigenvalue weighted by Gasteiger charge is -2.22. The van der Waals surface area contributed by atoms with Gasteiger partial charge in [0.05, 0.1) is 0 Å². The fourth-order valence-corrected chi connectivity index (χ4v) is 4.35. The highest BCUT2D eigenvalue weighted by atomic mass is 32.2. The van der Waals surface area contributed by atoms with E-state index in [1.165, 1.54) is 12.1 Å². The number of hydrogen-bond donors (Lipinski definition) is 2. The van der Waals surface area contributed by atoms with Crippen LogP contribution in [0, 0.1) is 0 Å². The molecule has 0 saturated carbocycles. The Bertz CT molecular complexity index is 481. The summed E-state index contributed by atoms with van der Waals surface area (Å²) in [6.07, 6.45) is 1.89. The molecule has 0 spiro atoms. The van der Waals surface area contributed by atoms with Crippen molar-refractivity contribution in [2.75, 3.05) is 11.5 Å². The van der Waals surface area contributed by atoms with Gasteiger partial charge in [0, 0.05) is 11.8 Å². The maximum atomic E-state index is 12.0. The van der Waals surface area contributed by atoms with E-state index in [2.05, 4.69) is 4.72 Å². The highest BCUT2D eigenvalue weighted by molar-refractivity contribution is 7.99. The topological polar surface area (TPSA) is 66.4 Å². The van der Waals surface area contributed by atoms with Crippen molar-refractivity contribution in [2.45, 2.75) is 23.8 Å². The van der Waals surface area contributed by atoms with Gasteiger partial charge in [-0.2, -0.15) is 11.8 Å². The van der Waals surface area contributed by atoms with Crippen LogP contribution in [0.2, 0.25) is 0 Å². The first kappa shape index (κ1) is 12.7. The summed E-state index contributed by atoms with van der Waals surface area (Å²) >= 11 is 1.75. The van der Waals surface area contributed by atoms with Crippen LogP contribution in [0.1, 0.15) is 12.8 Å². The van der Waals surface area contributed by atoms with Crippen LogP contribution >= 0.6 is 11.8 Å². The largest absolute Gasteiger partial charge is 0.507 e. The summed E-state index contributed by atoms with van der Waals surface area (Å²) in [7, 11) is -3.60. The quantitative estimate of drug-likeness (QED) is 0.877. The lowest BCUT2D eigenvalue weighted by Crippen LogP contribution is -2.38. The average molecular weight is 273 g/mol. The normalized spacial score (nSPS) is 21.3. The molecule has 1 aromatic rings. The number of nitrogens with one attached hydrogen (secondary N) is 1. The molecule has 0 aromatic heterocycles. The molecule has 0 aliphatic carbocycles. The highest BCUT2D eigenvalue weighted by Crippen LogP contribution is 2.23. The maximum Gasteiger partial charge on any atom is 0.244 e. The van der Waals surface area contributed by atoms with Gasteiger partial charge >= 0.3 is 0 Å². The summed E-state index contributed by atoms with van der Waals surface area (Å²) in [5.74, 6) is 1.69. The Labute approximate surface area is 105 Å². The number of benzene rings is 1. The number of rotatable bonds is 3. The van der Waals surface area contributed by atoms with E-state index in [0.29, 0.717) is 0 Å². The van der Waals surface area contributed by atoms with Crippen molar-refractivity contribution in [1.82, 2.24) is 4.72 Å². The summed E-state index contributed by atoms with van der Waals surface area (Å²) in [6.45, 7) is 0. The number of thioether (sulfide) groups is 1. The second-order valence-corrected chi connectivity index (χ2v) is 6.84. The number of phenolic OH excluding ortho intramolecular Hbond substituents is 1. The number of hydrogen-bond acceptors (Lipinski definition) is 4. The van der Waals surface area contributed by atoms with Crippen molar-refractivity contribution in [3.05, 3.63) is 24.3 Å². The number of para-hydroxylation sites is 1. The number of aromatic hydroxyl groups is 1. The van der Waals surface area contributed by atoms with Gasteiger partial charge in [0.15, 0.2) is 0 Å². The van der Waals surface area contributed by atoms with Crippen LogP contribution in [-0.4, -0.2) is 31.1 Å². The predicted molar refractivity (Wildman–Crippen MR) is 68.8 cm³/mol. The molecule has 2 N–H and O–H groups in total. The molecule has 2 rings (SSSR count). The lowest BCUT2D eigenvalue weighted by atomic mass is 10.2. The zero-order valence-corrected chi connectivity index (χ0v) is 10.9. The minimum Gasteiger partial charge on any atom is -0.507 e. The Hall–Kier alpha value is -0.720. The third-order valence-corrected chi connectivity index (χ3v) is 5.42. The molecule has 1 atom stereocenters. The molecule has 94 valence electrons. The van der Waals surface area contributed by atoms with E-state index >= 15 is 0 Å². The fraction of sp³-hybridized carbons (Fsp3) is 0.455. The molecule has 1 saturated heterocycles. The Kier molecular flexibility index (Phi) is 3.96. The van der Waals surface area contributed by atoms with E-state index in [4.69, 9.17) is 0 Å². The first-order chi connectivity index (χ1) is 8.09. The summed E-state index contributed by atoms with van der Waals surface area (Å²) in [5, 5.41) is 9.55. The Morgan fingerprint density at radius 3 is 2.76 bits per heavy atom. The van der Waals surface area contributed by atoms with Crippen molar-refractivity contribution < 1.29 is 13.5 Å². The summed E-state index contributed by atoms with van der Waals surface area (Å²) in [6, 6.07) is 5.96. The SMILES string of the molecule is O=S(=O)(NC1CCCSC1)c1ccccc1O. The number of phenols is 1. The van der Waals surface area contributed by atoms with Crippen molar-refractivity contribution in [1.29, 1.82) is 0 Å². The monoisotopic (exact) mass is 273 g/mol.